The van der Waals surface area contributed by atoms with E-state index in [1.54, 1.807) is 5.57 Å². The lowest BCUT2D eigenvalue weighted by atomic mass is 9.46. The van der Waals surface area contributed by atoms with Gasteiger partial charge in [0.2, 0.25) is 0 Å². The second-order valence-electron chi connectivity index (χ2n) is 10.1. The van der Waals surface area contributed by atoms with Crippen LogP contribution < -0.4 is 0 Å². The minimum absolute atomic E-state index is 0.369. The Bertz CT molecular complexity index is 710. The lowest BCUT2D eigenvalue weighted by molar-refractivity contribution is -0.110. The highest BCUT2D eigenvalue weighted by Gasteiger charge is 2.58. The molecule has 140 valence electrons. The third-order valence-electron chi connectivity index (χ3n) is 9.13. The van der Waals surface area contributed by atoms with Crippen molar-refractivity contribution in [2.45, 2.75) is 64.8 Å². The number of fused-ring (bicyclic) bond motifs is 5. The molecule has 2 nitrogen and oxygen atoms in total. The van der Waals surface area contributed by atoms with Crippen molar-refractivity contribution in [3.05, 3.63) is 36.2 Å². The lowest BCUT2D eigenvalue weighted by Crippen LogP contribution is -2.59. The van der Waals surface area contributed by atoms with Crippen LogP contribution in [0.4, 0.5) is 0 Å². The molecule has 0 N–H and O–H groups in total. The molecule has 26 heavy (non-hydrogen) atoms. The molecule has 5 rings (SSSR count). The maximum atomic E-state index is 4.41. The summed E-state index contributed by atoms with van der Waals surface area (Å²) in [5.74, 6) is 2.71. The maximum absolute atomic E-state index is 4.41. The summed E-state index contributed by atoms with van der Waals surface area (Å²) in [6.45, 7) is 6.53. The van der Waals surface area contributed by atoms with E-state index in [0.29, 0.717) is 10.8 Å². The van der Waals surface area contributed by atoms with E-state index < -0.39 is 0 Å². The minimum atomic E-state index is 0.369. The topological polar surface area (TPSA) is 16.1 Å². The molecule has 2 unspecified atom stereocenters. The van der Waals surface area contributed by atoms with Gasteiger partial charge in [-0.05, 0) is 104 Å². The van der Waals surface area contributed by atoms with Crippen LogP contribution in [0.2, 0.25) is 0 Å². The number of hydrogen-bond acceptors (Lipinski definition) is 2. The van der Waals surface area contributed by atoms with Gasteiger partial charge in [-0.15, -0.1) is 0 Å². The van der Waals surface area contributed by atoms with Gasteiger partial charge in [-0.2, -0.15) is 0 Å². The maximum Gasteiger partial charge on any atom is 0.0343 e. The number of nitrogens with zero attached hydrogens (tertiary/aromatic N) is 2. The van der Waals surface area contributed by atoms with E-state index in [1.165, 1.54) is 57.1 Å². The monoisotopic (exact) mass is 350 g/mol. The van der Waals surface area contributed by atoms with Crippen LogP contribution in [-0.2, 0) is 0 Å². The highest BCUT2D eigenvalue weighted by molar-refractivity contribution is 5.72. The average Bonchev–Trinajstić information content (AvgIpc) is 2.99. The zero-order valence-corrected chi connectivity index (χ0v) is 16.7. The summed E-state index contributed by atoms with van der Waals surface area (Å²) in [5.41, 5.74) is 3.89. The Morgan fingerprint density at radius 3 is 2.81 bits per heavy atom. The smallest absolute Gasteiger partial charge is 0.0343 e. The fourth-order valence-electron chi connectivity index (χ4n) is 7.91. The van der Waals surface area contributed by atoms with Crippen LogP contribution >= 0.6 is 0 Å². The van der Waals surface area contributed by atoms with E-state index in [-0.39, 0.29) is 0 Å². The molecule has 4 aliphatic rings. The summed E-state index contributed by atoms with van der Waals surface area (Å²) in [6.07, 6.45) is 16.4. The summed E-state index contributed by atoms with van der Waals surface area (Å²) in [5, 5.41) is 0. The molecule has 2 heteroatoms. The summed E-state index contributed by atoms with van der Waals surface area (Å²) in [4.78, 5) is 7.10. The molecule has 1 saturated heterocycles. The van der Waals surface area contributed by atoms with Crippen LogP contribution in [0.25, 0.3) is 5.57 Å². The molecule has 3 fully saturated rings. The van der Waals surface area contributed by atoms with Gasteiger partial charge in [-0.1, -0.05) is 26.0 Å². The Labute approximate surface area is 159 Å². The Kier molecular flexibility index (Phi) is 3.87. The Morgan fingerprint density at radius 1 is 1.12 bits per heavy atom. The summed E-state index contributed by atoms with van der Waals surface area (Å²) in [6, 6.07) is 5.20. The molecule has 0 radical (unpaired) electrons. The first-order chi connectivity index (χ1) is 12.5. The average molecular weight is 351 g/mol. The molecule has 2 heterocycles. The molecule has 2 saturated carbocycles. The SMILES string of the molecule is CN1CCC[C@@]2(C)C1CCC1[C@@H]2CC[C@]2(C)C(c3cccnc3)=CC[C@@H]12. The fourth-order valence-corrected chi connectivity index (χ4v) is 7.91. The fraction of sp³-hybridized carbons (Fsp3) is 0.708. The molecule has 1 aromatic heterocycles. The van der Waals surface area contributed by atoms with Gasteiger partial charge in [-0.3, -0.25) is 4.98 Å². The number of pyridine rings is 1. The number of rotatable bonds is 1. The van der Waals surface area contributed by atoms with E-state index in [9.17, 15) is 0 Å². The second-order valence-corrected chi connectivity index (χ2v) is 10.1. The van der Waals surface area contributed by atoms with Crippen molar-refractivity contribution in [3.8, 4) is 0 Å². The standard InChI is InChI=1S/C24H34N2/c1-23-13-11-21-18(7-10-22-24(21,2)12-5-15-26(22)3)20(23)9-8-19(23)17-6-4-14-25-16-17/h4,6,8,14,16,18,20-22H,5,7,9-13,15H2,1-3H3/t18?,20-,21-,22?,23+,24+/m0/s1. The van der Waals surface area contributed by atoms with Crippen LogP contribution in [-0.4, -0.2) is 29.5 Å². The predicted octanol–water partition coefficient (Wildman–Crippen LogP) is 5.41. The minimum Gasteiger partial charge on any atom is -0.303 e. The normalized spacial score (nSPS) is 45.4. The zero-order chi connectivity index (χ0) is 17.9. The van der Waals surface area contributed by atoms with Crippen molar-refractivity contribution in [2.75, 3.05) is 13.6 Å². The number of piperidine rings is 1. The summed E-state index contributed by atoms with van der Waals surface area (Å²) in [7, 11) is 2.38. The zero-order valence-electron chi connectivity index (χ0n) is 16.7. The van der Waals surface area contributed by atoms with Crippen LogP contribution in [0.3, 0.4) is 0 Å². The van der Waals surface area contributed by atoms with E-state index in [4.69, 9.17) is 0 Å². The first-order valence-corrected chi connectivity index (χ1v) is 10.9. The first-order valence-electron chi connectivity index (χ1n) is 10.9. The molecule has 0 amide bonds. The largest absolute Gasteiger partial charge is 0.303 e. The van der Waals surface area contributed by atoms with E-state index in [1.807, 2.05) is 6.20 Å². The number of likely N-dealkylation sites (tertiary alicyclic amines) is 1. The van der Waals surface area contributed by atoms with E-state index in [0.717, 1.165) is 23.8 Å². The third-order valence-corrected chi connectivity index (χ3v) is 9.13. The molecule has 0 bridgehead atoms. The Morgan fingerprint density at radius 2 is 2.00 bits per heavy atom. The predicted molar refractivity (Wildman–Crippen MR) is 108 cm³/mol. The van der Waals surface area contributed by atoms with Gasteiger partial charge in [0.15, 0.2) is 0 Å². The molecule has 6 atom stereocenters. The molecule has 1 aliphatic heterocycles. The van der Waals surface area contributed by atoms with Gasteiger partial charge >= 0.3 is 0 Å². The van der Waals surface area contributed by atoms with Gasteiger partial charge in [0, 0.05) is 18.4 Å². The highest BCUT2D eigenvalue weighted by Crippen LogP contribution is 2.66. The second kappa shape index (κ2) is 5.92. The molecular weight excluding hydrogens is 316 g/mol. The van der Waals surface area contributed by atoms with Crippen molar-refractivity contribution >= 4 is 5.57 Å². The van der Waals surface area contributed by atoms with Gasteiger partial charge in [0.1, 0.15) is 0 Å². The van der Waals surface area contributed by atoms with Crippen LogP contribution in [0, 0.1) is 28.6 Å². The van der Waals surface area contributed by atoms with Crippen LogP contribution in [0.1, 0.15) is 64.4 Å². The first kappa shape index (κ1) is 17.0. The van der Waals surface area contributed by atoms with Gasteiger partial charge < -0.3 is 4.90 Å². The van der Waals surface area contributed by atoms with Crippen molar-refractivity contribution in [2.24, 2.45) is 28.6 Å². The van der Waals surface area contributed by atoms with Gasteiger partial charge in [0.05, 0.1) is 0 Å². The van der Waals surface area contributed by atoms with Crippen molar-refractivity contribution in [1.29, 1.82) is 0 Å². The van der Waals surface area contributed by atoms with Gasteiger partial charge in [-0.25, -0.2) is 0 Å². The van der Waals surface area contributed by atoms with Gasteiger partial charge in [0.25, 0.3) is 0 Å². The third kappa shape index (κ3) is 2.24. The van der Waals surface area contributed by atoms with Crippen molar-refractivity contribution < 1.29 is 0 Å². The molecule has 1 aromatic rings. The van der Waals surface area contributed by atoms with E-state index in [2.05, 4.69) is 55.2 Å². The highest BCUT2D eigenvalue weighted by atomic mass is 15.2. The lowest BCUT2D eigenvalue weighted by Gasteiger charge is -2.62. The number of allylic oxidation sites excluding steroid dienone is 2. The van der Waals surface area contributed by atoms with E-state index >= 15 is 0 Å². The van der Waals surface area contributed by atoms with Crippen LogP contribution in [0.15, 0.2) is 30.6 Å². The molecule has 0 aromatic carbocycles. The molecule has 3 aliphatic carbocycles. The number of hydrogen-bond donors (Lipinski definition) is 0. The van der Waals surface area contributed by atoms with Crippen LogP contribution in [0.5, 0.6) is 0 Å². The number of aromatic nitrogens is 1. The molecule has 0 spiro atoms. The van der Waals surface area contributed by atoms with Crippen molar-refractivity contribution in [1.82, 2.24) is 9.88 Å². The van der Waals surface area contributed by atoms with Crippen molar-refractivity contribution in [3.63, 3.8) is 0 Å². The summed E-state index contributed by atoms with van der Waals surface area (Å²) >= 11 is 0. The summed E-state index contributed by atoms with van der Waals surface area (Å²) < 4.78 is 0. The quantitative estimate of drug-likeness (QED) is 0.673. The Hall–Kier alpha value is -1.15. The molecular formula is C24H34N2. The Balaban J connectivity index is 1.46.